The first kappa shape index (κ1) is 67.1. The van der Waals surface area contributed by atoms with Gasteiger partial charge in [0, 0.05) is 0 Å². The topological polar surface area (TPSA) is 169 Å². The fourth-order valence-electron chi connectivity index (χ4n) is 9.39. The molecule has 0 aromatic rings. The van der Waals surface area contributed by atoms with Gasteiger partial charge in [0.15, 0.2) is 6.29 Å². The third-order valence-electron chi connectivity index (χ3n) is 14.2. The van der Waals surface area contributed by atoms with E-state index in [0.29, 0.717) is 19.3 Å². The van der Waals surface area contributed by atoms with Crippen molar-refractivity contribution in [3.63, 3.8) is 0 Å². The van der Waals surface area contributed by atoms with E-state index in [0.717, 1.165) is 38.5 Å². The molecular formula is C61H113NO9. The molecule has 10 nitrogen and oxygen atoms in total. The van der Waals surface area contributed by atoms with E-state index in [1.54, 1.807) is 6.08 Å². The number of hydrogen-bond donors (Lipinski definition) is 7. The number of carbonyl (C=O) groups excluding carboxylic acids is 1. The Bertz CT molecular complexity index is 1270. The Morgan fingerprint density at radius 2 is 0.873 bits per heavy atom. The molecule has 0 radical (unpaired) electrons. The summed E-state index contributed by atoms with van der Waals surface area (Å²) >= 11 is 0. The van der Waals surface area contributed by atoms with Gasteiger partial charge in [-0.15, -0.1) is 0 Å². The molecule has 1 amide bonds. The summed E-state index contributed by atoms with van der Waals surface area (Å²) in [5.74, 6) is -0.625. The molecule has 0 aromatic heterocycles. The average Bonchev–Trinajstić information content (AvgIpc) is 3.37. The van der Waals surface area contributed by atoms with E-state index in [1.165, 1.54) is 199 Å². The zero-order valence-electron chi connectivity index (χ0n) is 45.8. The molecule has 0 bridgehead atoms. The van der Waals surface area contributed by atoms with Crippen LogP contribution in [0, 0.1) is 0 Å². The Morgan fingerprint density at radius 1 is 0.493 bits per heavy atom. The second kappa shape index (κ2) is 50.3. The maximum absolute atomic E-state index is 13.1. The molecule has 1 heterocycles. The summed E-state index contributed by atoms with van der Waals surface area (Å²) in [6, 6.07) is -0.998. The van der Waals surface area contributed by atoms with Crippen molar-refractivity contribution < 1.29 is 44.9 Å². The highest BCUT2D eigenvalue weighted by Gasteiger charge is 2.44. The van der Waals surface area contributed by atoms with Crippen LogP contribution in [0.5, 0.6) is 0 Å². The molecule has 1 saturated heterocycles. The average molecular weight is 1000 g/mol. The van der Waals surface area contributed by atoms with E-state index in [1.807, 2.05) is 6.08 Å². The minimum absolute atomic E-state index is 0.303. The van der Waals surface area contributed by atoms with Crippen LogP contribution in [0.1, 0.15) is 271 Å². The van der Waals surface area contributed by atoms with Crippen LogP contribution in [0.25, 0.3) is 0 Å². The summed E-state index contributed by atoms with van der Waals surface area (Å²) in [5.41, 5.74) is 0. The number of amides is 1. The molecule has 1 rings (SSSR count). The fraction of sp³-hybridized carbons (Fsp3) is 0.852. The number of aliphatic hydroxyl groups excluding tert-OH is 6. The normalized spacial score (nSPS) is 20.0. The molecule has 1 fully saturated rings. The molecule has 0 aliphatic carbocycles. The molecular weight excluding hydrogens is 891 g/mol. The Morgan fingerprint density at radius 3 is 1.31 bits per heavy atom. The fourth-order valence-corrected chi connectivity index (χ4v) is 9.39. The van der Waals surface area contributed by atoms with E-state index >= 15 is 0 Å². The molecule has 0 saturated carbocycles. The highest BCUT2D eigenvalue weighted by Crippen LogP contribution is 2.23. The second-order valence-corrected chi connectivity index (χ2v) is 20.9. The van der Waals surface area contributed by atoms with Crippen LogP contribution in [-0.4, -0.2) is 98.7 Å². The lowest BCUT2D eigenvalue weighted by molar-refractivity contribution is -0.302. The second-order valence-electron chi connectivity index (χ2n) is 20.9. The summed E-state index contributed by atoms with van der Waals surface area (Å²) in [5, 5.41) is 65.0. The number of ether oxygens (including phenoxy) is 2. The van der Waals surface area contributed by atoms with Gasteiger partial charge < -0.3 is 45.4 Å². The molecule has 8 unspecified atom stereocenters. The van der Waals surface area contributed by atoms with Gasteiger partial charge in [-0.1, -0.05) is 255 Å². The lowest BCUT2D eigenvalue weighted by atomic mass is 9.99. The molecule has 0 spiro atoms. The highest BCUT2D eigenvalue weighted by molar-refractivity contribution is 5.80. The third kappa shape index (κ3) is 39.2. The summed E-state index contributed by atoms with van der Waals surface area (Å²) < 4.78 is 11.2. The van der Waals surface area contributed by atoms with Crippen molar-refractivity contribution in [2.24, 2.45) is 0 Å². The first-order valence-electron chi connectivity index (χ1n) is 30.0. The summed E-state index contributed by atoms with van der Waals surface area (Å²) in [6.07, 6.45) is 56.5. The van der Waals surface area contributed by atoms with Gasteiger partial charge in [-0.25, -0.2) is 0 Å². The van der Waals surface area contributed by atoms with E-state index in [9.17, 15) is 35.4 Å². The minimum atomic E-state index is -1.62. The van der Waals surface area contributed by atoms with Crippen LogP contribution in [0.2, 0.25) is 0 Å². The number of unbranched alkanes of at least 4 members (excludes halogenated alkanes) is 34. The van der Waals surface area contributed by atoms with Gasteiger partial charge in [0.2, 0.25) is 5.91 Å². The predicted octanol–water partition coefficient (Wildman–Crippen LogP) is 13.9. The van der Waals surface area contributed by atoms with Gasteiger partial charge in [0.25, 0.3) is 0 Å². The van der Waals surface area contributed by atoms with E-state index in [2.05, 4.69) is 55.6 Å². The third-order valence-corrected chi connectivity index (χ3v) is 14.2. The van der Waals surface area contributed by atoms with E-state index in [-0.39, 0.29) is 6.61 Å². The number of allylic oxidation sites excluding steroid dienone is 7. The lowest BCUT2D eigenvalue weighted by Gasteiger charge is -2.40. The highest BCUT2D eigenvalue weighted by atomic mass is 16.7. The quantitative estimate of drug-likeness (QED) is 0.0232. The molecule has 1 aliphatic rings. The van der Waals surface area contributed by atoms with E-state index < -0.39 is 61.5 Å². The number of aliphatic hydroxyl groups is 6. The van der Waals surface area contributed by atoms with Gasteiger partial charge in [-0.05, 0) is 64.2 Å². The number of nitrogens with one attached hydrogen (secondary N) is 1. The summed E-state index contributed by atoms with van der Waals surface area (Å²) in [6.45, 7) is 3.61. The smallest absolute Gasteiger partial charge is 0.249 e. The van der Waals surface area contributed by atoms with Crippen molar-refractivity contribution in [2.75, 3.05) is 13.2 Å². The van der Waals surface area contributed by atoms with Gasteiger partial charge in [-0.2, -0.15) is 0 Å². The first-order chi connectivity index (χ1) is 34.8. The number of carbonyl (C=O) groups is 1. The van der Waals surface area contributed by atoms with Crippen LogP contribution >= 0.6 is 0 Å². The van der Waals surface area contributed by atoms with Gasteiger partial charge >= 0.3 is 0 Å². The maximum Gasteiger partial charge on any atom is 0.249 e. The monoisotopic (exact) mass is 1000 g/mol. The van der Waals surface area contributed by atoms with Crippen molar-refractivity contribution in [2.45, 2.75) is 320 Å². The Hall–Kier alpha value is -1.89. The van der Waals surface area contributed by atoms with Crippen molar-refractivity contribution in [1.29, 1.82) is 0 Å². The van der Waals surface area contributed by atoms with Gasteiger partial charge in [0.1, 0.15) is 30.5 Å². The molecule has 1 aliphatic heterocycles. The molecule has 10 heteroatoms. The van der Waals surface area contributed by atoms with Crippen molar-refractivity contribution in [1.82, 2.24) is 5.32 Å². The van der Waals surface area contributed by atoms with Crippen molar-refractivity contribution in [3.8, 4) is 0 Å². The van der Waals surface area contributed by atoms with Crippen molar-refractivity contribution >= 4 is 5.91 Å². The van der Waals surface area contributed by atoms with Crippen LogP contribution in [-0.2, 0) is 14.3 Å². The van der Waals surface area contributed by atoms with Crippen LogP contribution in [0.15, 0.2) is 48.6 Å². The molecule has 7 N–H and O–H groups in total. The molecule has 0 aromatic carbocycles. The van der Waals surface area contributed by atoms with E-state index in [4.69, 9.17) is 9.47 Å². The molecule has 8 atom stereocenters. The summed E-state index contributed by atoms with van der Waals surface area (Å²) in [7, 11) is 0. The predicted molar refractivity (Wildman–Crippen MR) is 296 cm³/mol. The SMILES string of the molecule is CCCCCCCCCCC/C=C\C/C=C\CCCCCCCCCCCCCCCCC(O)C(=O)NC(COC1OC(CO)C(O)C(O)C1O)C(O)/C=C/CC/C=C/CCCCCCCCCCCC. The first-order valence-corrected chi connectivity index (χ1v) is 30.0. The minimum Gasteiger partial charge on any atom is -0.394 e. The zero-order valence-corrected chi connectivity index (χ0v) is 45.8. The standard InChI is InChI=1S/C61H113NO9/c1-3-5-7-9-11-13-15-17-19-21-22-23-24-25-26-27-28-29-30-31-32-33-34-36-38-40-42-44-46-48-50-55(65)60(69)62-53(52-70-61-59(68)58(67)57(66)56(51-63)71-61)54(64)49-47-45-43-41-39-37-35-20-18-16-14-12-10-8-6-4-2/h22-23,25-26,39,41,47,49,53-59,61,63-68H,3-21,24,27-38,40,42-46,48,50-52H2,1-2H3,(H,62,69)/b23-22-,26-25-,41-39+,49-47+. The molecule has 71 heavy (non-hydrogen) atoms. The van der Waals surface area contributed by atoms with Crippen LogP contribution in [0.4, 0.5) is 0 Å². The Labute approximate surface area is 436 Å². The Balaban J connectivity index is 2.22. The lowest BCUT2D eigenvalue weighted by Crippen LogP contribution is -2.60. The molecule has 416 valence electrons. The Kier molecular flexibility index (Phi) is 47.5. The summed E-state index contributed by atoms with van der Waals surface area (Å²) in [4.78, 5) is 13.1. The number of hydrogen-bond acceptors (Lipinski definition) is 9. The van der Waals surface area contributed by atoms with Crippen LogP contribution in [0.3, 0.4) is 0 Å². The van der Waals surface area contributed by atoms with Gasteiger partial charge in [-0.3, -0.25) is 4.79 Å². The number of rotatable bonds is 51. The van der Waals surface area contributed by atoms with Crippen LogP contribution < -0.4 is 5.32 Å². The van der Waals surface area contributed by atoms with Crippen molar-refractivity contribution in [3.05, 3.63) is 48.6 Å². The zero-order chi connectivity index (χ0) is 51.7. The largest absolute Gasteiger partial charge is 0.394 e. The maximum atomic E-state index is 13.1. The van der Waals surface area contributed by atoms with Gasteiger partial charge in [0.05, 0.1) is 25.4 Å².